The van der Waals surface area contributed by atoms with Crippen LogP contribution >= 0.6 is 23.2 Å². The molecule has 0 aliphatic rings. The Morgan fingerprint density at radius 2 is 1.62 bits per heavy atom. The number of pyridine rings is 1. The molecule has 0 aliphatic heterocycles. The molecular weight excluding hydrogens is 343 g/mol. The van der Waals surface area contributed by atoms with Gasteiger partial charge in [0.1, 0.15) is 11.3 Å². The zero-order valence-electron chi connectivity index (χ0n) is 12.4. The summed E-state index contributed by atoms with van der Waals surface area (Å²) in [4.78, 5) is 12.3. The number of benzene rings is 2. The van der Waals surface area contributed by atoms with Crippen molar-refractivity contribution < 1.29 is 0 Å². The highest BCUT2D eigenvalue weighted by Crippen LogP contribution is 2.34. The van der Waals surface area contributed by atoms with E-state index in [9.17, 15) is 0 Å². The van der Waals surface area contributed by atoms with Crippen LogP contribution in [0.5, 0.6) is 0 Å². The number of nitrogens with zero attached hydrogens (tertiary/aromatic N) is 2. The molecule has 0 atom stereocenters. The highest BCUT2D eigenvalue weighted by Gasteiger charge is 2.15. The molecule has 2 aromatic heterocycles. The van der Waals surface area contributed by atoms with Crippen molar-refractivity contribution in [1.82, 2.24) is 15.0 Å². The Morgan fingerprint density at radius 3 is 2.38 bits per heavy atom. The van der Waals surface area contributed by atoms with Gasteiger partial charge in [0.15, 0.2) is 5.82 Å². The van der Waals surface area contributed by atoms with E-state index in [1.54, 1.807) is 24.4 Å². The molecule has 4 nitrogen and oxygen atoms in total. The fraction of sp³-hybridized carbons (Fsp3) is 0. The number of nitrogens with one attached hydrogen (secondary N) is 2. The van der Waals surface area contributed by atoms with Crippen LogP contribution in [-0.4, -0.2) is 15.0 Å². The van der Waals surface area contributed by atoms with E-state index < -0.39 is 0 Å². The zero-order valence-corrected chi connectivity index (χ0v) is 13.9. The highest BCUT2D eigenvalue weighted by atomic mass is 35.5. The van der Waals surface area contributed by atoms with Crippen molar-refractivity contribution in [3.8, 4) is 11.4 Å². The Bertz CT molecular complexity index is 992. The fourth-order valence-corrected chi connectivity index (χ4v) is 3.10. The first kappa shape index (κ1) is 15.0. The van der Waals surface area contributed by atoms with Crippen LogP contribution in [0, 0.1) is 0 Å². The second kappa shape index (κ2) is 6.15. The smallest absolute Gasteiger partial charge is 0.158 e. The molecule has 24 heavy (non-hydrogen) atoms. The van der Waals surface area contributed by atoms with Gasteiger partial charge in [-0.05, 0) is 30.3 Å². The van der Waals surface area contributed by atoms with Crippen molar-refractivity contribution in [3.05, 3.63) is 70.8 Å². The number of H-pyrrole nitrogens is 1. The predicted molar refractivity (Wildman–Crippen MR) is 99.1 cm³/mol. The summed E-state index contributed by atoms with van der Waals surface area (Å²) in [6, 6.07) is 17.1. The van der Waals surface area contributed by atoms with Crippen LogP contribution < -0.4 is 5.32 Å². The summed E-state index contributed by atoms with van der Waals surface area (Å²) in [7, 11) is 0. The zero-order chi connectivity index (χ0) is 16.5. The molecule has 0 amide bonds. The topological polar surface area (TPSA) is 53.6 Å². The second-order valence-electron chi connectivity index (χ2n) is 5.23. The van der Waals surface area contributed by atoms with Crippen LogP contribution in [0.25, 0.3) is 22.4 Å². The van der Waals surface area contributed by atoms with Gasteiger partial charge in [-0.2, -0.15) is 0 Å². The van der Waals surface area contributed by atoms with Gasteiger partial charge < -0.3 is 10.3 Å². The number of fused-ring (bicyclic) bond motifs is 1. The van der Waals surface area contributed by atoms with Crippen LogP contribution in [0.1, 0.15) is 0 Å². The molecule has 0 spiro atoms. The van der Waals surface area contributed by atoms with E-state index >= 15 is 0 Å². The first-order valence-electron chi connectivity index (χ1n) is 7.33. The average molecular weight is 355 g/mol. The van der Waals surface area contributed by atoms with E-state index in [0.29, 0.717) is 27.3 Å². The number of hydrogen-bond donors (Lipinski definition) is 2. The lowest BCUT2D eigenvalue weighted by molar-refractivity contribution is 1.31. The Balaban J connectivity index is 1.83. The minimum atomic E-state index is 0.548. The molecular formula is C18H12Cl2N4. The monoisotopic (exact) mass is 354 g/mol. The number of aromatic nitrogens is 3. The molecule has 0 unspecified atom stereocenters. The molecule has 0 saturated heterocycles. The first-order chi connectivity index (χ1) is 11.7. The average Bonchev–Trinajstić information content (AvgIpc) is 3.00. The van der Waals surface area contributed by atoms with Gasteiger partial charge in [0.25, 0.3) is 0 Å². The van der Waals surface area contributed by atoms with Crippen molar-refractivity contribution >= 4 is 45.7 Å². The number of anilines is 2. The van der Waals surface area contributed by atoms with Crippen molar-refractivity contribution in [3.63, 3.8) is 0 Å². The van der Waals surface area contributed by atoms with Gasteiger partial charge in [0.2, 0.25) is 0 Å². The summed E-state index contributed by atoms with van der Waals surface area (Å²) in [6.45, 7) is 0. The number of aromatic amines is 1. The first-order valence-corrected chi connectivity index (χ1v) is 8.09. The molecule has 4 rings (SSSR count). The molecule has 0 bridgehead atoms. The van der Waals surface area contributed by atoms with E-state index in [2.05, 4.69) is 20.3 Å². The SMILES string of the molecule is Clc1cccc(Cl)c1-c1nc2c(Nc3ccccc3)nccc2[nH]1. The van der Waals surface area contributed by atoms with Crippen molar-refractivity contribution in [1.29, 1.82) is 0 Å². The van der Waals surface area contributed by atoms with Gasteiger partial charge in [-0.25, -0.2) is 9.97 Å². The van der Waals surface area contributed by atoms with Crippen LogP contribution in [0.2, 0.25) is 10.0 Å². The minimum absolute atomic E-state index is 0.548. The van der Waals surface area contributed by atoms with E-state index in [1.807, 2.05) is 36.4 Å². The summed E-state index contributed by atoms with van der Waals surface area (Å²) in [5.41, 5.74) is 3.21. The summed E-state index contributed by atoms with van der Waals surface area (Å²) in [5.74, 6) is 1.29. The van der Waals surface area contributed by atoms with Crippen molar-refractivity contribution in [2.75, 3.05) is 5.32 Å². The third-order valence-electron chi connectivity index (χ3n) is 3.64. The van der Waals surface area contributed by atoms with E-state index in [0.717, 1.165) is 16.7 Å². The van der Waals surface area contributed by atoms with Crippen LogP contribution in [-0.2, 0) is 0 Å². The molecule has 0 radical (unpaired) electrons. The molecule has 0 saturated carbocycles. The molecule has 0 fully saturated rings. The molecule has 118 valence electrons. The third-order valence-corrected chi connectivity index (χ3v) is 4.27. The van der Waals surface area contributed by atoms with Gasteiger partial charge in [-0.15, -0.1) is 0 Å². The number of para-hydroxylation sites is 1. The van der Waals surface area contributed by atoms with Crippen LogP contribution in [0.3, 0.4) is 0 Å². The van der Waals surface area contributed by atoms with Crippen molar-refractivity contribution in [2.24, 2.45) is 0 Å². The van der Waals surface area contributed by atoms with E-state index in [-0.39, 0.29) is 0 Å². The Kier molecular flexibility index (Phi) is 3.84. The summed E-state index contributed by atoms with van der Waals surface area (Å²) in [5, 5.41) is 4.38. The second-order valence-corrected chi connectivity index (χ2v) is 6.04. The highest BCUT2D eigenvalue weighted by molar-refractivity contribution is 6.39. The third kappa shape index (κ3) is 2.70. The predicted octanol–water partition coefficient (Wildman–Crippen LogP) is 5.68. The molecule has 4 aromatic rings. The maximum Gasteiger partial charge on any atom is 0.158 e. The maximum absolute atomic E-state index is 6.29. The van der Waals surface area contributed by atoms with Crippen LogP contribution in [0.15, 0.2) is 60.8 Å². The van der Waals surface area contributed by atoms with Gasteiger partial charge in [-0.1, -0.05) is 47.5 Å². The largest absolute Gasteiger partial charge is 0.338 e. The number of hydrogen-bond acceptors (Lipinski definition) is 3. The summed E-state index contributed by atoms with van der Waals surface area (Å²) in [6.07, 6.45) is 1.73. The van der Waals surface area contributed by atoms with Crippen molar-refractivity contribution in [2.45, 2.75) is 0 Å². The lowest BCUT2D eigenvalue weighted by Crippen LogP contribution is -1.94. The summed E-state index contributed by atoms with van der Waals surface area (Å²) >= 11 is 12.6. The van der Waals surface area contributed by atoms with Crippen LogP contribution in [0.4, 0.5) is 11.5 Å². The maximum atomic E-state index is 6.29. The molecule has 2 heterocycles. The fourth-order valence-electron chi connectivity index (χ4n) is 2.53. The Hall–Kier alpha value is -2.56. The lowest BCUT2D eigenvalue weighted by Gasteiger charge is -2.05. The number of halogens is 2. The standard InChI is InChI=1S/C18H12Cl2N4/c19-12-7-4-8-13(20)15(12)17-23-14-9-10-21-18(16(14)24-17)22-11-5-2-1-3-6-11/h1-10H,(H,21,22)(H,23,24). The van der Waals surface area contributed by atoms with Gasteiger partial charge in [0.05, 0.1) is 21.1 Å². The Labute approximate surface area is 148 Å². The minimum Gasteiger partial charge on any atom is -0.338 e. The van der Waals surface area contributed by atoms with Gasteiger partial charge >= 0.3 is 0 Å². The summed E-state index contributed by atoms with van der Waals surface area (Å²) < 4.78 is 0. The molecule has 2 aromatic carbocycles. The lowest BCUT2D eigenvalue weighted by atomic mass is 10.2. The number of imidazole rings is 1. The Morgan fingerprint density at radius 1 is 0.875 bits per heavy atom. The normalized spacial score (nSPS) is 10.9. The van der Waals surface area contributed by atoms with E-state index in [1.165, 1.54) is 0 Å². The van der Waals surface area contributed by atoms with Gasteiger partial charge in [0, 0.05) is 11.9 Å². The number of rotatable bonds is 3. The van der Waals surface area contributed by atoms with E-state index in [4.69, 9.17) is 23.2 Å². The molecule has 6 heteroatoms. The quantitative estimate of drug-likeness (QED) is 0.497. The molecule has 2 N–H and O–H groups in total. The molecule has 0 aliphatic carbocycles. The van der Waals surface area contributed by atoms with Gasteiger partial charge in [-0.3, -0.25) is 0 Å².